The molecule has 104 valence electrons. The number of para-hydroxylation sites is 1. The van der Waals surface area contributed by atoms with E-state index in [2.05, 4.69) is 12.2 Å². The van der Waals surface area contributed by atoms with Crippen molar-refractivity contribution in [2.24, 2.45) is 0 Å². The smallest absolute Gasteiger partial charge is 0.247 e. The second-order valence-corrected chi connectivity index (χ2v) is 5.93. The monoisotopic (exact) mass is 305 g/mol. The van der Waals surface area contributed by atoms with E-state index in [1.807, 2.05) is 54.6 Å². The van der Waals surface area contributed by atoms with Crippen LogP contribution in [0.3, 0.4) is 0 Å². The maximum Gasteiger partial charge on any atom is 0.247 e. The number of alkyl halides is 1. The van der Waals surface area contributed by atoms with E-state index in [1.54, 1.807) is 11.8 Å². The SMILES string of the molecule is CCSc1ccccc1NC(=O)C(Cl)c1ccccc1. The van der Waals surface area contributed by atoms with Gasteiger partial charge in [-0.05, 0) is 23.4 Å². The van der Waals surface area contributed by atoms with Crippen LogP contribution in [0, 0.1) is 0 Å². The number of nitrogens with one attached hydrogen (secondary N) is 1. The van der Waals surface area contributed by atoms with Crippen molar-refractivity contribution in [1.82, 2.24) is 0 Å². The van der Waals surface area contributed by atoms with Crippen LogP contribution >= 0.6 is 23.4 Å². The average Bonchev–Trinajstić information content (AvgIpc) is 2.49. The normalized spacial score (nSPS) is 11.9. The molecule has 1 amide bonds. The number of carbonyl (C=O) groups excluding carboxylic acids is 1. The Bertz CT molecular complexity index is 574. The van der Waals surface area contributed by atoms with Crippen molar-refractivity contribution in [3.8, 4) is 0 Å². The number of anilines is 1. The van der Waals surface area contributed by atoms with Crippen molar-refractivity contribution >= 4 is 35.0 Å². The van der Waals surface area contributed by atoms with Crippen molar-refractivity contribution in [3.05, 3.63) is 60.2 Å². The summed E-state index contributed by atoms with van der Waals surface area (Å²) in [5, 5.41) is 2.22. The molecule has 0 saturated carbocycles. The Morgan fingerprint density at radius 1 is 1.15 bits per heavy atom. The highest BCUT2D eigenvalue weighted by atomic mass is 35.5. The minimum absolute atomic E-state index is 0.206. The minimum atomic E-state index is -0.684. The lowest BCUT2D eigenvalue weighted by Crippen LogP contribution is -2.17. The molecule has 1 atom stereocenters. The third kappa shape index (κ3) is 3.78. The first kappa shape index (κ1) is 14.9. The second kappa shape index (κ2) is 7.36. The summed E-state index contributed by atoms with van der Waals surface area (Å²) in [4.78, 5) is 13.3. The van der Waals surface area contributed by atoms with Crippen LogP contribution in [0.4, 0.5) is 5.69 Å². The fourth-order valence-corrected chi connectivity index (χ4v) is 2.78. The molecule has 1 N–H and O–H groups in total. The molecule has 0 saturated heterocycles. The van der Waals surface area contributed by atoms with Crippen LogP contribution in [-0.2, 0) is 4.79 Å². The Balaban J connectivity index is 2.12. The van der Waals surface area contributed by atoms with E-state index in [4.69, 9.17) is 11.6 Å². The van der Waals surface area contributed by atoms with Gasteiger partial charge >= 0.3 is 0 Å². The van der Waals surface area contributed by atoms with Crippen LogP contribution in [0.25, 0.3) is 0 Å². The summed E-state index contributed by atoms with van der Waals surface area (Å²) in [6.07, 6.45) is 0. The van der Waals surface area contributed by atoms with Crippen LogP contribution in [0.2, 0.25) is 0 Å². The van der Waals surface area contributed by atoms with Gasteiger partial charge in [0.05, 0.1) is 5.69 Å². The lowest BCUT2D eigenvalue weighted by molar-refractivity contribution is -0.116. The molecule has 0 heterocycles. The van der Waals surface area contributed by atoms with Gasteiger partial charge in [-0.1, -0.05) is 49.4 Å². The zero-order chi connectivity index (χ0) is 14.4. The predicted molar refractivity (Wildman–Crippen MR) is 86.5 cm³/mol. The van der Waals surface area contributed by atoms with Crippen LogP contribution in [-0.4, -0.2) is 11.7 Å². The first-order valence-corrected chi connectivity index (χ1v) is 7.86. The fourth-order valence-electron chi connectivity index (χ4n) is 1.82. The number of benzene rings is 2. The number of amides is 1. The molecule has 2 aromatic carbocycles. The van der Waals surface area contributed by atoms with E-state index in [0.29, 0.717) is 0 Å². The van der Waals surface area contributed by atoms with Crippen molar-refractivity contribution in [2.45, 2.75) is 17.2 Å². The number of hydrogen-bond donors (Lipinski definition) is 1. The first-order chi connectivity index (χ1) is 9.72. The Morgan fingerprint density at radius 3 is 2.50 bits per heavy atom. The van der Waals surface area contributed by atoms with Crippen LogP contribution in [0.5, 0.6) is 0 Å². The molecule has 0 spiro atoms. The van der Waals surface area contributed by atoms with Crippen molar-refractivity contribution in [3.63, 3.8) is 0 Å². The number of thioether (sulfide) groups is 1. The molecule has 0 aliphatic rings. The van der Waals surface area contributed by atoms with Gasteiger partial charge in [0, 0.05) is 4.90 Å². The maximum absolute atomic E-state index is 12.2. The predicted octanol–water partition coefficient (Wildman–Crippen LogP) is 4.72. The van der Waals surface area contributed by atoms with E-state index in [0.717, 1.165) is 21.9 Å². The summed E-state index contributed by atoms with van der Waals surface area (Å²) >= 11 is 7.91. The molecule has 1 unspecified atom stereocenters. The van der Waals surface area contributed by atoms with Crippen molar-refractivity contribution in [1.29, 1.82) is 0 Å². The zero-order valence-electron chi connectivity index (χ0n) is 11.2. The zero-order valence-corrected chi connectivity index (χ0v) is 12.7. The Labute approximate surface area is 128 Å². The number of hydrogen-bond acceptors (Lipinski definition) is 2. The lowest BCUT2D eigenvalue weighted by atomic mass is 10.1. The third-order valence-corrected chi connectivity index (χ3v) is 4.17. The molecule has 0 aliphatic carbocycles. The number of rotatable bonds is 5. The third-order valence-electron chi connectivity index (χ3n) is 2.77. The van der Waals surface area contributed by atoms with Gasteiger partial charge < -0.3 is 5.32 Å². The lowest BCUT2D eigenvalue weighted by Gasteiger charge is -2.13. The van der Waals surface area contributed by atoms with Gasteiger partial charge in [-0.3, -0.25) is 4.79 Å². The first-order valence-electron chi connectivity index (χ1n) is 6.44. The molecule has 0 aliphatic heterocycles. The molecule has 2 nitrogen and oxygen atoms in total. The molecule has 0 radical (unpaired) electrons. The fraction of sp³-hybridized carbons (Fsp3) is 0.188. The molecular weight excluding hydrogens is 290 g/mol. The van der Waals surface area contributed by atoms with E-state index in [9.17, 15) is 4.79 Å². The Hall–Kier alpha value is -1.45. The van der Waals surface area contributed by atoms with E-state index in [1.165, 1.54) is 0 Å². The summed E-state index contributed by atoms with van der Waals surface area (Å²) in [6, 6.07) is 17.1. The molecule has 0 bridgehead atoms. The molecule has 20 heavy (non-hydrogen) atoms. The summed E-state index contributed by atoms with van der Waals surface area (Å²) in [7, 11) is 0. The molecule has 2 rings (SSSR count). The largest absolute Gasteiger partial charge is 0.323 e. The van der Waals surface area contributed by atoms with Gasteiger partial charge in [-0.15, -0.1) is 23.4 Å². The van der Waals surface area contributed by atoms with Crippen LogP contribution < -0.4 is 5.32 Å². The van der Waals surface area contributed by atoms with Crippen molar-refractivity contribution < 1.29 is 4.79 Å². The van der Waals surface area contributed by atoms with Gasteiger partial charge in [0.1, 0.15) is 5.38 Å². The van der Waals surface area contributed by atoms with Gasteiger partial charge in [-0.25, -0.2) is 0 Å². The maximum atomic E-state index is 12.2. The van der Waals surface area contributed by atoms with E-state index < -0.39 is 5.38 Å². The molecular formula is C16H16ClNOS. The summed E-state index contributed by atoms with van der Waals surface area (Å²) in [6.45, 7) is 2.08. The van der Waals surface area contributed by atoms with Gasteiger partial charge in [0.15, 0.2) is 0 Å². The highest BCUT2D eigenvalue weighted by molar-refractivity contribution is 7.99. The van der Waals surface area contributed by atoms with E-state index >= 15 is 0 Å². The Morgan fingerprint density at radius 2 is 1.80 bits per heavy atom. The summed E-state index contributed by atoms with van der Waals surface area (Å²) in [5.41, 5.74) is 1.61. The van der Waals surface area contributed by atoms with Crippen LogP contribution in [0.15, 0.2) is 59.5 Å². The quantitative estimate of drug-likeness (QED) is 0.640. The standard InChI is InChI=1S/C16H16ClNOS/c1-2-20-14-11-7-6-10-13(14)18-16(19)15(17)12-8-4-3-5-9-12/h3-11,15H,2H2,1H3,(H,18,19). The number of halogens is 1. The highest BCUT2D eigenvalue weighted by Crippen LogP contribution is 2.28. The summed E-state index contributed by atoms with van der Waals surface area (Å²) < 4.78 is 0. The topological polar surface area (TPSA) is 29.1 Å². The van der Waals surface area contributed by atoms with Crippen molar-refractivity contribution in [2.75, 3.05) is 11.1 Å². The number of carbonyl (C=O) groups is 1. The summed E-state index contributed by atoms with van der Waals surface area (Å²) in [5.74, 6) is 0.748. The van der Waals surface area contributed by atoms with Gasteiger partial charge in [0.2, 0.25) is 5.91 Å². The Kier molecular flexibility index (Phi) is 5.50. The van der Waals surface area contributed by atoms with E-state index in [-0.39, 0.29) is 5.91 Å². The average molecular weight is 306 g/mol. The molecule has 4 heteroatoms. The van der Waals surface area contributed by atoms with Gasteiger partial charge in [0.25, 0.3) is 0 Å². The molecule has 0 fully saturated rings. The molecule has 0 aromatic heterocycles. The highest BCUT2D eigenvalue weighted by Gasteiger charge is 2.18. The van der Waals surface area contributed by atoms with Crippen LogP contribution in [0.1, 0.15) is 17.9 Å². The molecule has 2 aromatic rings. The minimum Gasteiger partial charge on any atom is -0.323 e. The second-order valence-electron chi connectivity index (χ2n) is 4.19. The van der Waals surface area contributed by atoms with Gasteiger partial charge in [-0.2, -0.15) is 0 Å².